The van der Waals surface area contributed by atoms with E-state index in [1.54, 1.807) is 60.4 Å². The molecule has 0 unspecified atom stereocenters. The maximum Gasteiger partial charge on any atom is 0.264 e. The van der Waals surface area contributed by atoms with Crippen molar-refractivity contribution in [3.8, 4) is 0 Å². The van der Waals surface area contributed by atoms with Crippen molar-refractivity contribution in [2.24, 2.45) is 0 Å². The van der Waals surface area contributed by atoms with Crippen LogP contribution in [-0.2, 0) is 14.8 Å². The Morgan fingerprint density at radius 1 is 0.775 bits per heavy atom. The first-order valence-corrected chi connectivity index (χ1v) is 15.1. The van der Waals surface area contributed by atoms with Crippen LogP contribution in [0.25, 0.3) is 0 Å². The first-order chi connectivity index (χ1) is 19.4. The number of hydrogen-bond donors (Lipinski definition) is 0. The van der Waals surface area contributed by atoms with E-state index in [0.717, 1.165) is 0 Å². The minimum absolute atomic E-state index is 0.0729. The number of carbonyl (C=O) groups is 1. The summed E-state index contributed by atoms with van der Waals surface area (Å²) < 4.78 is 28.7. The van der Waals surface area contributed by atoms with Crippen LogP contribution in [0.2, 0.25) is 5.02 Å². The highest BCUT2D eigenvalue weighted by Gasteiger charge is 2.33. The molecule has 206 valence electrons. The van der Waals surface area contributed by atoms with Crippen LogP contribution in [0, 0.1) is 6.92 Å². The third kappa shape index (κ3) is 5.92. The van der Waals surface area contributed by atoms with Crippen molar-refractivity contribution in [1.82, 2.24) is 9.80 Å². The molecule has 1 heterocycles. The summed E-state index contributed by atoms with van der Waals surface area (Å²) in [7, 11) is -4.01. The highest BCUT2D eigenvalue weighted by Crippen LogP contribution is 2.32. The Bertz CT molecular complexity index is 1500. The largest absolute Gasteiger partial charge is 0.339 e. The summed E-state index contributed by atoms with van der Waals surface area (Å²) in [4.78, 5) is 17.9. The van der Waals surface area contributed by atoms with E-state index in [-0.39, 0.29) is 23.4 Å². The topological polar surface area (TPSA) is 60.9 Å². The number of anilines is 1. The zero-order valence-corrected chi connectivity index (χ0v) is 23.9. The number of benzene rings is 4. The van der Waals surface area contributed by atoms with E-state index in [1.807, 2.05) is 36.4 Å². The molecule has 0 aliphatic carbocycles. The second kappa shape index (κ2) is 12.3. The molecule has 0 bridgehead atoms. The lowest BCUT2D eigenvalue weighted by atomic mass is 9.96. The van der Waals surface area contributed by atoms with Crippen LogP contribution >= 0.6 is 11.6 Å². The van der Waals surface area contributed by atoms with Crippen molar-refractivity contribution >= 4 is 33.2 Å². The molecule has 0 N–H and O–H groups in total. The normalized spacial score (nSPS) is 14.3. The number of nitrogens with zero attached hydrogens (tertiary/aromatic N) is 3. The van der Waals surface area contributed by atoms with E-state index in [4.69, 9.17) is 11.6 Å². The van der Waals surface area contributed by atoms with Gasteiger partial charge in [-0.15, -0.1) is 0 Å². The van der Waals surface area contributed by atoms with Gasteiger partial charge < -0.3 is 4.90 Å². The average molecular weight is 574 g/mol. The minimum atomic E-state index is -4.01. The van der Waals surface area contributed by atoms with Crippen molar-refractivity contribution < 1.29 is 13.2 Å². The van der Waals surface area contributed by atoms with Gasteiger partial charge >= 0.3 is 0 Å². The SMILES string of the molecule is Cc1c(Cl)cccc1N(CC(=O)N1CCN(C(c2ccccc2)c2ccccc2)CC1)S(=O)(=O)c1ccccc1. The Morgan fingerprint density at radius 2 is 1.30 bits per heavy atom. The molecule has 0 atom stereocenters. The van der Waals surface area contributed by atoms with Gasteiger partial charge in [-0.25, -0.2) is 8.42 Å². The Balaban J connectivity index is 1.37. The first-order valence-electron chi connectivity index (χ1n) is 13.3. The van der Waals surface area contributed by atoms with Gasteiger partial charge in [0.25, 0.3) is 10.0 Å². The highest BCUT2D eigenvalue weighted by atomic mass is 35.5. The molecule has 1 amide bonds. The molecule has 1 fully saturated rings. The molecule has 0 saturated carbocycles. The van der Waals surface area contributed by atoms with E-state index in [1.165, 1.54) is 15.4 Å². The monoisotopic (exact) mass is 573 g/mol. The van der Waals surface area contributed by atoms with Crippen LogP contribution in [0.5, 0.6) is 0 Å². The predicted octanol–water partition coefficient (Wildman–Crippen LogP) is 5.78. The number of amides is 1. The van der Waals surface area contributed by atoms with Gasteiger partial charge in [-0.3, -0.25) is 14.0 Å². The zero-order valence-electron chi connectivity index (χ0n) is 22.4. The summed E-state index contributed by atoms with van der Waals surface area (Å²) >= 11 is 6.36. The lowest BCUT2D eigenvalue weighted by molar-refractivity contribution is -0.131. The van der Waals surface area contributed by atoms with Crippen LogP contribution in [-0.4, -0.2) is 56.8 Å². The van der Waals surface area contributed by atoms with Crippen molar-refractivity contribution in [2.75, 3.05) is 37.0 Å². The molecular formula is C32H32ClN3O3S. The Morgan fingerprint density at radius 3 is 1.85 bits per heavy atom. The fourth-order valence-corrected chi connectivity index (χ4v) is 6.88. The first kappa shape index (κ1) is 27.9. The number of rotatable bonds is 8. The quantitative estimate of drug-likeness (QED) is 0.268. The van der Waals surface area contributed by atoms with Crippen molar-refractivity contribution in [2.45, 2.75) is 17.9 Å². The molecule has 4 aromatic carbocycles. The summed E-state index contributed by atoms with van der Waals surface area (Å²) in [6, 6.07) is 34.1. The number of halogens is 1. The maximum atomic E-state index is 13.8. The Hall–Kier alpha value is -3.65. The second-order valence-corrected chi connectivity index (χ2v) is 12.1. The Kier molecular flexibility index (Phi) is 8.54. The Labute approximate surface area is 241 Å². The molecule has 0 aromatic heterocycles. The van der Waals surface area contributed by atoms with Crippen LogP contribution in [0.15, 0.2) is 114 Å². The van der Waals surface area contributed by atoms with Gasteiger partial charge in [0.2, 0.25) is 5.91 Å². The number of sulfonamides is 1. The number of hydrogen-bond acceptors (Lipinski definition) is 4. The maximum absolute atomic E-state index is 13.8. The molecule has 1 aliphatic heterocycles. The van der Waals surface area contributed by atoms with Crippen LogP contribution in [0.1, 0.15) is 22.7 Å². The summed E-state index contributed by atoms with van der Waals surface area (Å²) in [6.45, 7) is 3.80. The second-order valence-electron chi connectivity index (χ2n) is 9.85. The standard InChI is InChI=1S/C32H32ClN3O3S/c1-25-29(33)18-11-19-30(25)36(40(38,39)28-16-9-4-10-17-28)24-31(37)34-20-22-35(23-21-34)32(26-12-5-2-6-13-26)27-14-7-3-8-15-27/h2-19,32H,20-24H2,1H3. The smallest absolute Gasteiger partial charge is 0.264 e. The molecule has 8 heteroatoms. The predicted molar refractivity (Wildman–Crippen MR) is 160 cm³/mol. The fourth-order valence-electron chi connectivity index (χ4n) is 5.22. The summed E-state index contributed by atoms with van der Waals surface area (Å²) in [5, 5.41) is 0.444. The molecule has 1 aliphatic rings. The third-order valence-corrected chi connectivity index (χ3v) is 9.56. The number of carbonyl (C=O) groups excluding carboxylic acids is 1. The van der Waals surface area contributed by atoms with E-state index in [0.29, 0.717) is 42.5 Å². The van der Waals surface area contributed by atoms with Crippen LogP contribution in [0.4, 0.5) is 5.69 Å². The lowest BCUT2D eigenvalue weighted by Gasteiger charge is -2.40. The summed E-state index contributed by atoms with van der Waals surface area (Å²) in [5.41, 5.74) is 3.40. The summed E-state index contributed by atoms with van der Waals surface area (Å²) in [6.07, 6.45) is 0. The third-order valence-electron chi connectivity index (χ3n) is 7.38. The van der Waals surface area contributed by atoms with Gasteiger partial charge in [0, 0.05) is 31.2 Å². The van der Waals surface area contributed by atoms with Crippen LogP contribution < -0.4 is 4.31 Å². The molecular weight excluding hydrogens is 542 g/mol. The van der Waals surface area contributed by atoms with E-state index >= 15 is 0 Å². The van der Waals surface area contributed by atoms with Gasteiger partial charge in [-0.05, 0) is 47.9 Å². The van der Waals surface area contributed by atoms with Gasteiger partial charge in [-0.2, -0.15) is 0 Å². The average Bonchev–Trinajstić information content (AvgIpc) is 2.99. The zero-order chi connectivity index (χ0) is 28.1. The van der Waals surface area contributed by atoms with Crippen LogP contribution in [0.3, 0.4) is 0 Å². The van der Waals surface area contributed by atoms with Crippen molar-refractivity contribution in [1.29, 1.82) is 0 Å². The molecule has 6 nitrogen and oxygen atoms in total. The van der Waals surface area contributed by atoms with E-state index in [9.17, 15) is 13.2 Å². The van der Waals surface area contributed by atoms with Crippen molar-refractivity contribution in [3.63, 3.8) is 0 Å². The fraction of sp³-hybridized carbons (Fsp3) is 0.219. The van der Waals surface area contributed by atoms with Gasteiger partial charge in [0.1, 0.15) is 6.54 Å². The summed E-state index contributed by atoms with van der Waals surface area (Å²) in [5.74, 6) is -0.241. The number of piperazine rings is 1. The van der Waals surface area contributed by atoms with E-state index in [2.05, 4.69) is 29.2 Å². The molecule has 40 heavy (non-hydrogen) atoms. The van der Waals surface area contributed by atoms with Gasteiger partial charge in [0.15, 0.2) is 0 Å². The highest BCUT2D eigenvalue weighted by molar-refractivity contribution is 7.92. The van der Waals surface area contributed by atoms with Gasteiger partial charge in [0.05, 0.1) is 16.6 Å². The lowest BCUT2D eigenvalue weighted by Crippen LogP contribution is -2.52. The van der Waals surface area contributed by atoms with Gasteiger partial charge in [-0.1, -0.05) is 96.5 Å². The molecule has 0 radical (unpaired) electrons. The van der Waals surface area contributed by atoms with E-state index < -0.39 is 10.0 Å². The molecule has 5 rings (SSSR count). The molecule has 0 spiro atoms. The minimum Gasteiger partial charge on any atom is -0.339 e. The molecule has 1 saturated heterocycles. The molecule has 4 aromatic rings. The van der Waals surface area contributed by atoms with Crippen molar-refractivity contribution in [3.05, 3.63) is 131 Å².